The molecule has 1 aromatic carbocycles. The predicted octanol–water partition coefficient (Wildman–Crippen LogP) is 1.98. The first kappa shape index (κ1) is 10.8. The highest BCUT2D eigenvalue weighted by atomic mass is 16.5. The van der Waals surface area contributed by atoms with Crippen LogP contribution < -0.4 is 14.8 Å². The van der Waals surface area contributed by atoms with Gasteiger partial charge >= 0.3 is 0 Å². The molecule has 4 nitrogen and oxygen atoms in total. The third-order valence-corrected chi connectivity index (χ3v) is 2.47. The second kappa shape index (κ2) is 4.88. The number of hydrogen-bond donors (Lipinski definition) is 1. The number of nitrogens with one attached hydrogen (secondary N) is 1. The van der Waals surface area contributed by atoms with Crippen molar-refractivity contribution < 1.29 is 14.3 Å². The van der Waals surface area contributed by atoms with Crippen LogP contribution in [-0.2, 0) is 11.2 Å². The molecule has 1 aliphatic heterocycles. The summed E-state index contributed by atoms with van der Waals surface area (Å²) in [5.74, 6) is 1.56. The molecule has 1 aliphatic rings. The highest BCUT2D eigenvalue weighted by Gasteiger charge is 2.16. The molecule has 0 radical (unpaired) electrons. The van der Waals surface area contributed by atoms with E-state index in [1.807, 2.05) is 19.1 Å². The Balaban J connectivity index is 2.28. The van der Waals surface area contributed by atoms with Crippen LogP contribution in [0.25, 0.3) is 0 Å². The normalized spacial score (nSPS) is 12.8. The number of rotatable bonds is 5. The van der Waals surface area contributed by atoms with E-state index >= 15 is 0 Å². The lowest BCUT2D eigenvalue weighted by Gasteiger charge is -2.11. The van der Waals surface area contributed by atoms with Crippen LogP contribution in [0.15, 0.2) is 12.1 Å². The summed E-state index contributed by atoms with van der Waals surface area (Å²) < 4.78 is 11.0. The van der Waals surface area contributed by atoms with Gasteiger partial charge in [0.15, 0.2) is 0 Å². The van der Waals surface area contributed by atoms with Crippen LogP contribution in [-0.4, -0.2) is 19.6 Å². The first-order valence-electron chi connectivity index (χ1n) is 5.48. The summed E-state index contributed by atoms with van der Waals surface area (Å²) in [4.78, 5) is 10.5. The Kier molecular flexibility index (Phi) is 3.29. The van der Waals surface area contributed by atoms with Gasteiger partial charge in [0.2, 0.25) is 6.41 Å². The van der Waals surface area contributed by atoms with Crippen molar-refractivity contribution in [3.63, 3.8) is 0 Å². The number of hydrogen-bond acceptors (Lipinski definition) is 3. The second-order valence-electron chi connectivity index (χ2n) is 3.67. The van der Waals surface area contributed by atoms with Crippen LogP contribution in [0.5, 0.6) is 11.5 Å². The molecule has 4 heteroatoms. The quantitative estimate of drug-likeness (QED) is 0.773. The van der Waals surface area contributed by atoms with Crippen molar-refractivity contribution in [2.24, 2.45) is 0 Å². The van der Waals surface area contributed by atoms with Crippen molar-refractivity contribution in [1.29, 1.82) is 0 Å². The molecule has 0 unspecified atom stereocenters. The summed E-state index contributed by atoms with van der Waals surface area (Å²) in [5, 5.41) is 2.63. The van der Waals surface area contributed by atoms with Crippen LogP contribution in [0.1, 0.15) is 18.9 Å². The monoisotopic (exact) mass is 221 g/mol. The van der Waals surface area contributed by atoms with E-state index in [0.717, 1.165) is 29.9 Å². The van der Waals surface area contributed by atoms with E-state index in [2.05, 4.69) is 5.32 Å². The molecule has 16 heavy (non-hydrogen) atoms. The third kappa shape index (κ3) is 2.10. The molecule has 1 aromatic rings. The van der Waals surface area contributed by atoms with Crippen molar-refractivity contribution in [3.8, 4) is 11.5 Å². The van der Waals surface area contributed by atoms with Crippen LogP contribution in [0.2, 0.25) is 0 Å². The number of carbonyl (C=O) groups excluding carboxylic acids is 1. The number of fused-ring (bicyclic) bond motifs is 1. The van der Waals surface area contributed by atoms with E-state index in [4.69, 9.17) is 9.47 Å². The Labute approximate surface area is 94.6 Å². The van der Waals surface area contributed by atoms with Gasteiger partial charge in [0, 0.05) is 18.1 Å². The highest BCUT2D eigenvalue weighted by molar-refractivity contribution is 5.77. The molecule has 0 saturated carbocycles. The Morgan fingerprint density at radius 1 is 1.56 bits per heavy atom. The molecule has 86 valence electrons. The van der Waals surface area contributed by atoms with Gasteiger partial charge in [0.25, 0.3) is 0 Å². The Bertz CT molecular complexity index is 390. The summed E-state index contributed by atoms with van der Waals surface area (Å²) in [6.07, 6.45) is 2.49. The summed E-state index contributed by atoms with van der Waals surface area (Å²) >= 11 is 0. The summed E-state index contributed by atoms with van der Waals surface area (Å²) in [5.41, 5.74) is 1.81. The molecular formula is C12H15NO3. The van der Waals surface area contributed by atoms with Gasteiger partial charge in [-0.3, -0.25) is 4.79 Å². The van der Waals surface area contributed by atoms with Gasteiger partial charge in [0.1, 0.15) is 11.5 Å². The second-order valence-corrected chi connectivity index (χ2v) is 3.67. The minimum atomic E-state index is 0.646. The number of ether oxygens (including phenoxy) is 2. The molecule has 1 amide bonds. The average molecular weight is 221 g/mol. The first-order chi connectivity index (χ1) is 7.85. The van der Waals surface area contributed by atoms with Gasteiger partial charge in [-0.15, -0.1) is 0 Å². The molecule has 0 saturated heterocycles. The Hall–Kier alpha value is -1.71. The number of amides is 1. The Morgan fingerprint density at radius 2 is 2.44 bits per heavy atom. The largest absolute Gasteiger partial charge is 0.493 e. The van der Waals surface area contributed by atoms with E-state index in [0.29, 0.717) is 25.3 Å². The van der Waals surface area contributed by atoms with Crippen molar-refractivity contribution in [2.45, 2.75) is 19.8 Å². The SMILES string of the molecule is CCCOc1cc2c(cc1NC=O)OCC2. The van der Waals surface area contributed by atoms with Gasteiger partial charge in [-0.2, -0.15) is 0 Å². The fourth-order valence-corrected chi connectivity index (χ4v) is 1.71. The summed E-state index contributed by atoms with van der Waals surface area (Å²) in [6.45, 7) is 3.39. The van der Waals surface area contributed by atoms with Gasteiger partial charge in [0.05, 0.1) is 18.9 Å². The average Bonchev–Trinajstić information content (AvgIpc) is 2.73. The van der Waals surface area contributed by atoms with E-state index in [1.165, 1.54) is 0 Å². The zero-order chi connectivity index (χ0) is 11.4. The van der Waals surface area contributed by atoms with Gasteiger partial charge in [-0.1, -0.05) is 6.92 Å². The maximum absolute atomic E-state index is 10.5. The van der Waals surface area contributed by atoms with Crippen molar-refractivity contribution in [1.82, 2.24) is 0 Å². The lowest BCUT2D eigenvalue weighted by atomic mass is 10.1. The number of anilines is 1. The Morgan fingerprint density at radius 3 is 3.19 bits per heavy atom. The molecular weight excluding hydrogens is 206 g/mol. The van der Waals surface area contributed by atoms with E-state index in [9.17, 15) is 4.79 Å². The molecule has 0 aliphatic carbocycles. The lowest BCUT2D eigenvalue weighted by molar-refractivity contribution is -0.105. The smallest absolute Gasteiger partial charge is 0.211 e. The third-order valence-electron chi connectivity index (χ3n) is 2.47. The fourth-order valence-electron chi connectivity index (χ4n) is 1.71. The molecule has 0 aromatic heterocycles. The van der Waals surface area contributed by atoms with Crippen LogP contribution in [0.4, 0.5) is 5.69 Å². The van der Waals surface area contributed by atoms with Gasteiger partial charge in [-0.05, 0) is 12.5 Å². The molecule has 0 fully saturated rings. The maximum Gasteiger partial charge on any atom is 0.211 e. The fraction of sp³-hybridized carbons (Fsp3) is 0.417. The zero-order valence-electron chi connectivity index (χ0n) is 9.29. The molecule has 2 rings (SSSR count). The molecule has 0 spiro atoms. The summed E-state index contributed by atoms with van der Waals surface area (Å²) in [7, 11) is 0. The van der Waals surface area contributed by atoms with Gasteiger partial charge < -0.3 is 14.8 Å². The minimum absolute atomic E-state index is 0.646. The van der Waals surface area contributed by atoms with Crippen molar-refractivity contribution >= 4 is 12.1 Å². The molecule has 0 atom stereocenters. The first-order valence-corrected chi connectivity index (χ1v) is 5.48. The zero-order valence-corrected chi connectivity index (χ0v) is 9.29. The number of benzene rings is 1. The van der Waals surface area contributed by atoms with Crippen LogP contribution in [0, 0.1) is 0 Å². The van der Waals surface area contributed by atoms with Crippen molar-refractivity contribution in [3.05, 3.63) is 17.7 Å². The van der Waals surface area contributed by atoms with Gasteiger partial charge in [-0.25, -0.2) is 0 Å². The summed E-state index contributed by atoms with van der Waals surface area (Å²) in [6, 6.07) is 3.77. The highest BCUT2D eigenvalue weighted by Crippen LogP contribution is 2.35. The standard InChI is InChI=1S/C12H15NO3/c1-2-4-15-12-6-9-3-5-16-11(9)7-10(12)13-8-14/h6-8H,2-5H2,1H3,(H,13,14). The van der Waals surface area contributed by atoms with Crippen LogP contribution >= 0.6 is 0 Å². The molecule has 1 heterocycles. The molecule has 0 bridgehead atoms. The van der Waals surface area contributed by atoms with E-state index in [-0.39, 0.29) is 0 Å². The van der Waals surface area contributed by atoms with E-state index < -0.39 is 0 Å². The molecule has 1 N–H and O–H groups in total. The van der Waals surface area contributed by atoms with E-state index in [1.54, 1.807) is 0 Å². The predicted molar refractivity (Wildman–Crippen MR) is 61.1 cm³/mol. The topological polar surface area (TPSA) is 47.6 Å². The maximum atomic E-state index is 10.5. The minimum Gasteiger partial charge on any atom is -0.493 e. The van der Waals surface area contributed by atoms with Crippen molar-refractivity contribution in [2.75, 3.05) is 18.5 Å². The lowest BCUT2D eigenvalue weighted by Crippen LogP contribution is -2.02. The van der Waals surface area contributed by atoms with Crippen LogP contribution in [0.3, 0.4) is 0 Å². The number of carbonyl (C=O) groups is 1.